The molecule has 5 heteroatoms. The zero-order valence-corrected chi connectivity index (χ0v) is 15.1. The minimum absolute atomic E-state index is 0.328. The normalized spacial score (nSPS) is 20.4. The molecule has 0 atom stereocenters. The predicted molar refractivity (Wildman–Crippen MR) is 97.9 cm³/mol. The maximum absolute atomic E-state index is 9.30. The minimum Gasteiger partial charge on any atom is -0.493 e. The highest BCUT2D eigenvalue weighted by molar-refractivity contribution is 5.61. The first-order valence-corrected chi connectivity index (χ1v) is 9.18. The summed E-state index contributed by atoms with van der Waals surface area (Å²) in [4.78, 5) is 4.56. The molecule has 0 unspecified atom stereocenters. The highest BCUT2D eigenvalue weighted by Gasteiger charge is 2.22. The zero-order chi connectivity index (χ0) is 17.6. The van der Waals surface area contributed by atoms with Gasteiger partial charge in [-0.2, -0.15) is 0 Å². The fraction of sp³-hybridized carbons (Fsp3) is 0.550. The largest absolute Gasteiger partial charge is 0.493 e. The van der Waals surface area contributed by atoms with Crippen LogP contribution in [0.3, 0.4) is 0 Å². The summed E-state index contributed by atoms with van der Waals surface area (Å²) >= 11 is 0. The van der Waals surface area contributed by atoms with Gasteiger partial charge in [-0.3, -0.25) is 0 Å². The van der Waals surface area contributed by atoms with E-state index in [0.717, 1.165) is 42.3 Å². The van der Waals surface area contributed by atoms with Crippen LogP contribution >= 0.6 is 0 Å². The van der Waals surface area contributed by atoms with E-state index in [1.165, 1.54) is 12.8 Å². The summed E-state index contributed by atoms with van der Waals surface area (Å²) in [6, 6.07) is 5.98. The lowest BCUT2D eigenvalue weighted by molar-refractivity contribution is 0.161. The number of ether oxygens (including phenoxy) is 2. The Bertz CT molecular complexity index is 675. The van der Waals surface area contributed by atoms with Gasteiger partial charge in [-0.1, -0.05) is 0 Å². The van der Waals surface area contributed by atoms with E-state index in [9.17, 15) is 5.11 Å². The standard InChI is InChI=1S/C20H28N2O3/c1-3-25-18-9-8-17(12-19(18)24-2)20-21-10-11-22(20)13-15-4-6-16(14-23)7-5-15/h8-12,15-16,23H,3-7,13-14H2,1-2H3. The molecule has 0 radical (unpaired) electrons. The molecule has 3 rings (SSSR count). The van der Waals surface area contributed by atoms with Gasteiger partial charge in [0.15, 0.2) is 11.5 Å². The summed E-state index contributed by atoms with van der Waals surface area (Å²) in [7, 11) is 1.66. The second-order valence-corrected chi connectivity index (χ2v) is 6.77. The van der Waals surface area contributed by atoms with Crippen molar-refractivity contribution in [3.63, 3.8) is 0 Å². The van der Waals surface area contributed by atoms with Crippen LogP contribution in [0, 0.1) is 11.8 Å². The Morgan fingerprint density at radius 2 is 1.92 bits per heavy atom. The van der Waals surface area contributed by atoms with Crippen molar-refractivity contribution in [3.8, 4) is 22.9 Å². The third-order valence-electron chi connectivity index (χ3n) is 5.12. The Hall–Kier alpha value is -2.01. The molecule has 0 amide bonds. The third kappa shape index (κ3) is 4.15. The number of imidazole rings is 1. The molecule has 1 fully saturated rings. The van der Waals surface area contributed by atoms with Crippen molar-refractivity contribution in [2.24, 2.45) is 11.8 Å². The van der Waals surface area contributed by atoms with Gasteiger partial charge in [-0.05, 0) is 62.6 Å². The molecule has 136 valence electrons. The Morgan fingerprint density at radius 3 is 2.60 bits per heavy atom. The number of rotatable bonds is 7. The van der Waals surface area contributed by atoms with Crippen LogP contribution < -0.4 is 9.47 Å². The maximum Gasteiger partial charge on any atom is 0.161 e. The third-order valence-corrected chi connectivity index (χ3v) is 5.12. The lowest BCUT2D eigenvalue weighted by atomic mass is 9.82. The van der Waals surface area contributed by atoms with Gasteiger partial charge >= 0.3 is 0 Å². The molecule has 25 heavy (non-hydrogen) atoms. The van der Waals surface area contributed by atoms with Crippen LogP contribution in [0.2, 0.25) is 0 Å². The second kappa shape index (κ2) is 8.39. The van der Waals surface area contributed by atoms with Crippen LogP contribution in [-0.2, 0) is 6.54 Å². The smallest absolute Gasteiger partial charge is 0.161 e. The van der Waals surface area contributed by atoms with Gasteiger partial charge in [0.2, 0.25) is 0 Å². The van der Waals surface area contributed by atoms with E-state index in [2.05, 4.69) is 15.7 Å². The Morgan fingerprint density at radius 1 is 1.16 bits per heavy atom. The highest BCUT2D eigenvalue weighted by Crippen LogP contribution is 2.34. The number of methoxy groups -OCH3 is 1. The summed E-state index contributed by atoms with van der Waals surface area (Å²) < 4.78 is 13.3. The first kappa shape index (κ1) is 17.8. The van der Waals surface area contributed by atoms with Gasteiger partial charge < -0.3 is 19.1 Å². The van der Waals surface area contributed by atoms with Crippen LogP contribution in [0.5, 0.6) is 11.5 Å². The van der Waals surface area contributed by atoms with Crippen molar-refractivity contribution >= 4 is 0 Å². The van der Waals surface area contributed by atoms with Crippen molar-refractivity contribution in [2.45, 2.75) is 39.2 Å². The topological polar surface area (TPSA) is 56.5 Å². The molecule has 2 aromatic rings. The molecule has 5 nitrogen and oxygen atoms in total. The van der Waals surface area contributed by atoms with E-state index in [0.29, 0.717) is 25.0 Å². The summed E-state index contributed by atoms with van der Waals surface area (Å²) in [5.41, 5.74) is 1.04. The predicted octanol–water partition coefficient (Wildman–Crippen LogP) is 3.76. The molecule has 1 aliphatic carbocycles. The number of aliphatic hydroxyl groups excluding tert-OH is 1. The van der Waals surface area contributed by atoms with Gasteiger partial charge in [-0.15, -0.1) is 0 Å². The van der Waals surface area contributed by atoms with Gasteiger partial charge in [0.1, 0.15) is 5.82 Å². The number of hydrogen-bond acceptors (Lipinski definition) is 4. The van der Waals surface area contributed by atoms with Crippen molar-refractivity contribution in [1.82, 2.24) is 9.55 Å². The Labute approximate surface area is 149 Å². The molecular weight excluding hydrogens is 316 g/mol. The number of benzene rings is 1. The maximum atomic E-state index is 9.30. The Kier molecular flexibility index (Phi) is 5.97. The van der Waals surface area contributed by atoms with Crippen LogP contribution in [0.4, 0.5) is 0 Å². The quantitative estimate of drug-likeness (QED) is 0.831. The van der Waals surface area contributed by atoms with Crippen molar-refractivity contribution in [1.29, 1.82) is 0 Å². The van der Waals surface area contributed by atoms with E-state index in [1.54, 1.807) is 7.11 Å². The molecule has 1 aliphatic rings. The molecule has 0 bridgehead atoms. The van der Waals surface area contributed by atoms with E-state index < -0.39 is 0 Å². The highest BCUT2D eigenvalue weighted by atomic mass is 16.5. The lowest BCUT2D eigenvalue weighted by Gasteiger charge is -2.28. The Balaban J connectivity index is 1.75. The summed E-state index contributed by atoms with van der Waals surface area (Å²) in [5, 5.41) is 9.30. The summed E-state index contributed by atoms with van der Waals surface area (Å²) in [6.07, 6.45) is 8.52. The van der Waals surface area contributed by atoms with Gasteiger partial charge in [0, 0.05) is 31.1 Å². The summed E-state index contributed by atoms with van der Waals surface area (Å²) in [5.74, 6) is 3.60. The van der Waals surface area contributed by atoms with E-state index in [4.69, 9.17) is 9.47 Å². The monoisotopic (exact) mass is 344 g/mol. The molecule has 0 spiro atoms. The van der Waals surface area contributed by atoms with Crippen LogP contribution in [0.15, 0.2) is 30.6 Å². The molecule has 1 saturated carbocycles. The molecule has 1 N–H and O–H groups in total. The molecule has 0 aliphatic heterocycles. The first-order chi connectivity index (χ1) is 12.2. The molecule has 1 aromatic carbocycles. The van der Waals surface area contributed by atoms with E-state index in [-0.39, 0.29) is 0 Å². The van der Waals surface area contributed by atoms with Gasteiger partial charge in [0.25, 0.3) is 0 Å². The lowest BCUT2D eigenvalue weighted by Crippen LogP contribution is -2.21. The fourth-order valence-electron chi connectivity index (χ4n) is 3.67. The van der Waals surface area contributed by atoms with Crippen molar-refractivity contribution < 1.29 is 14.6 Å². The molecular formula is C20H28N2O3. The van der Waals surface area contributed by atoms with Crippen molar-refractivity contribution in [2.75, 3.05) is 20.3 Å². The summed E-state index contributed by atoms with van der Waals surface area (Å²) in [6.45, 7) is 3.88. The number of hydrogen-bond donors (Lipinski definition) is 1. The second-order valence-electron chi connectivity index (χ2n) is 6.77. The number of aliphatic hydroxyl groups is 1. The number of aromatic nitrogens is 2. The molecule has 1 aromatic heterocycles. The van der Waals surface area contributed by atoms with Crippen molar-refractivity contribution in [3.05, 3.63) is 30.6 Å². The van der Waals surface area contributed by atoms with Gasteiger partial charge in [-0.25, -0.2) is 4.98 Å². The zero-order valence-electron chi connectivity index (χ0n) is 15.1. The average Bonchev–Trinajstić information content (AvgIpc) is 3.11. The molecule has 0 saturated heterocycles. The molecule has 1 heterocycles. The van der Waals surface area contributed by atoms with Gasteiger partial charge in [0.05, 0.1) is 13.7 Å². The minimum atomic E-state index is 0.328. The average molecular weight is 344 g/mol. The van der Waals surface area contributed by atoms with Crippen LogP contribution in [0.25, 0.3) is 11.4 Å². The SMILES string of the molecule is CCOc1ccc(-c2nccn2CC2CCC(CO)CC2)cc1OC. The first-order valence-electron chi connectivity index (χ1n) is 9.18. The van der Waals surface area contributed by atoms with E-state index in [1.807, 2.05) is 31.3 Å². The van der Waals surface area contributed by atoms with Crippen LogP contribution in [0.1, 0.15) is 32.6 Å². The van der Waals surface area contributed by atoms with E-state index >= 15 is 0 Å². The number of nitrogens with zero attached hydrogens (tertiary/aromatic N) is 2. The fourth-order valence-corrected chi connectivity index (χ4v) is 3.67. The van der Waals surface area contributed by atoms with Crippen LogP contribution in [-0.4, -0.2) is 35.0 Å².